The molecule has 7 nitrogen and oxygen atoms in total. The molecule has 8 heteroatoms. The quantitative estimate of drug-likeness (QED) is 0.771. The molecular formula is C17H23N3O4S. The molecule has 0 radical (unpaired) electrons. The second-order valence-corrected chi connectivity index (χ2v) is 7.95. The maximum Gasteiger partial charge on any atom is 0.304 e. The van der Waals surface area contributed by atoms with Crippen molar-refractivity contribution in [1.29, 1.82) is 0 Å². The molecule has 0 aliphatic rings. The van der Waals surface area contributed by atoms with Gasteiger partial charge < -0.3 is 9.73 Å². The number of amides is 1. The summed E-state index contributed by atoms with van der Waals surface area (Å²) >= 11 is 0. The topological polar surface area (TPSA) is 82.9 Å². The van der Waals surface area contributed by atoms with E-state index in [0.717, 1.165) is 14.4 Å². The molecule has 136 valence electrons. The second-order valence-electron chi connectivity index (χ2n) is 5.88. The smallest absolute Gasteiger partial charge is 0.304 e. The van der Waals surface area contributed by atoms with E-state index < -0.39 is 10.2 Å². The monoisotopic (exact) mass is 365 g/mol. The number of benzene rings is 1. The van der Waals surface area contributed by atoms with Crippen molar-refractivity contribution in [3.63, 3.8) is 0 Å². The normalized spacial score (nSPS) is 12.8. The predicted molar refractivity (Wildman–Crippen MR) is 96.4 cm³/mol. The number of carbonyl (C=O) groups is 1. The summed E-state index contributed by atoms with van der Waals surface area (Å²) in [6, 6.07) is 12.0. The zero-order valence-corrected chi connectivity index (χ0v) is 15.4. The van der Waals surface area contributed by atoms with Crippen molar-refractivity contribution in [2.75, 3.05) is 24.9 Å². The van der Waals surface area contributed by atoms with E-state index in [1.54, 1.807) is 42.7 Å². The Labute approximate surface area is 148 Å². The number of anilines is 1. The summed E-state index contributed by atoms with van der Waals surface area (Å²) in [6.45, 7) is 1.54. The molecule has 1 heterocycles. The van der Waals surface area contributed by atoms with Crippen LogP contribution >= 0.6 is 0 Å². The zero-order chi connectivity index (χ0) is 18.4. The lowest BCUT2D eigenvalue weighted by molar-refractivity contribution is -0.120. The summed E-state index contributed by atoms with van der Waals surface area (Å²) in [4.78, 5) is 12.4. The van der Waals surface area contributed by atoms with Gasteiger partial charge >= 0.3 is 10.2 Å². The number of para-hydroxylation sites is 1. The molecule has 0 unspecified atom stereocenters. The average Bonchev–Trinajstić information content (AvgIpc) is 3.05. The highest BCUT2D eigenvalue weighted by atomic mass is 32.2. The van der Waals surface area contributed by atoms with Gasteiger partial charge in [0.25, 0.3) is 0 Å². The molecule has 0 bridgehead atoms. The predicted octanol–water partition coefficient (Wildman–Crippen LogP) is 1.64. The average molecular weight is 365 g/mol. The third-order valence-corrected chi connectivity index (χ3v) is 5.39. The van der Waals surface area contributed by atoms with Crippen LogP contribution in [0.3, 0.4) is 0 Å². The number of hydrogen-bond donors (Lipinski definition) is 1. The van der Waals surface area contributed by atoms with Gasteiger partial charge in [-0.3, -0.25) is 4.79 Å². The molecule has 2 rings (SSSR count). The maximum atomic E-state index is 12.6. The number of rotatable bonds is 8. The van der Waals surface area contributed by atoms with Crippen LogP contribution in [-0.2, 0) is 21.4 Å². The maximum absolute atomic E-state index is 12.6. The Morgan fingerprint density at radius 1 is 1.16 bits per heavy atom. The number of nitrogens with zero attached hydrogens (tertiary/aromatic N) is 2. The highest BCUT2D eigenvalue weighted by molar-refractivity contribution is 7.90. The number of furan rings is 1. The Morgan fingerprint density at radius 3 is 2.40 bits per heavy atom. The van der Waals surface area contributed by atoms with Gasteiger partial charge in [-0.15, -0.1) is 0 Å². The van der Waals surface area contributed by atoms with Crippen LogP contribution in [0.2, 0.25) is 0 Å². The van der Waals surface area contributed by atoms with Crippen LogP contribution in [0.4, 0.5) is 5.69 Å². The van der Waals surface area contributed by atoms with Crippen molar-refractivity contribution in [3.05, 3.63) is 54.5 Å². The third kappa shape index (κ3) is 5.07. The van der Waals surface area contributed by atoms with Gasteiger partial charge in [0.2, 0.25) is 5.91 Å². The lowest BCUT2D eigenvalue weighted by Crippen LogP contribution is -2.47. The van der Waals surface area contributed by atoms with Crippen molar-refractivity contribution < 1.29 is 17.6 Å². The first kappa shape index (κ1) is 19.0. The second kappa shape index (κ2) is 8.17. The molecule has 1 aromatic carbocycles. The minimum atomic E-state index is -3.79. The van der Waals surface area contributed by atoms with Crippen molar-refractivity contribution >= 4 is 21.8 Å². The molecule has 0 aliphatic heterocycles. The Hall–Kier alpha value is -2.32. The van der Waals surface area contributed by atoms with E-state index in [4.69, 9.17) is 4.42 Å². The van der Waals surface area contributed by atoms with E-state index in [9.17, 15) is 13.2 Å². The van der Waals surface area contributed by atoms with E-state index in [0.29, 0.717) is 12.1 Å². The lowest BCUT2D eigenvalue weighted by atomic mass is 10.2. The van der Waals surface area contributed by atoms with E-state index >= 15 is 0 Å². The Bertz CT molecular complexity index is 773. The number of nitrogens with one attached hydrogen (secondary N) is 1. The van der Waals surface area contributed by atoms with Crippen LogP contribution in [0.5, 0.6) is 0 Å². The van der Waals surface area contributed by atoms with Gasteiger partial charge in [-0.25, -0.2) is 4.31 Å². The van der Waals surface area contributed by atoms with Crippen LogP contribution in [0.25, 0.3) is 0 Å². The fraction of sp³-hybridized carbons (Fsp3) is 0.353. The summed E-state index contributed by atoms with van der Waals surface area (Å²) in [5, 5.41) is 2.81. The van der Waals surface area contributed by atoms with Gasteiger partial charge in [0.1, 0.15) is 12.3 Å². The van der Waals surface area contributed by atoms with Crippen LogP contribution < -0.4 is 9.62 Å². The minimum Gasteiger partial charge on any atom is -0.469 e. The van der Waals surface area contributed by atoms with Gasteiger partial charge in [0.15, 0.2) is 0 Å². The number of hydrogen-bond acceptors (Lipinski definition) is 4. The van der Waals surface area contributed by atoms with Crippen LogP contribution in [-0.4, -0.2) is 45.3 Å². The van der Waals surface area contributed by atoms with Crippen molar-refractivity contribution in [2.45, 2.75) is 19.4 Å². The first-order chi connectivity index (χ1) is 11.8. The minimum absolute atomic E-state index is 0.182. The third-order valence-electron chi connectivity index (χ3n) is 3.57. The Morgan fingerprint density at radius 2 is 1.84 bits per heavy atom. The van der Waals surface area contributed by atoms with Gasteiger partial charge in [0.05, 0.1) is 12.0 Å². The van der Waals surface area contributed by atoms with E-state index in [1.807, 2.05) is 13.0 Å². The summed E-state index contributed by atoms with van der Waals surface area (Å²) in [5.41, 5.74) is 0.435. The number of carbonyl (C=O) groups excluding carboxylic acids is 1. The SMILES string of the molecule is C[C@H](Cc1ccco1)NC(=O)CN(c1ccccc1)S(=O)(=O)N(C)C. The molecule has 0 aliphatic carbocycles. The highest BCUT2D eigenvalue weighted by Gasteiger charge is 2.27. The molecule has 1 aromatic heterocycles. The summed E-state index contributed by atoms with van der Waals surface area (Å²) < 4.78 is 32.6. The summed E-state index contributed by atoms with van der Waals surface area (Å²) in [5.74, 6) is 0.377. The van der Waals surface area contributed by atoms with E-state index in [2.05, 4.69) is 5.32 Å². The van der Waals surface area contributed by atoms with Crippen LogP contribution in [0, 0.1) is 0 Å². The fourth-order valence-electron chi connectivity index (χ4n) is 2.33. The van der Waals surface area contributed by atoms with Gasteiger partial charge in [0, 0.05) is 26.6 Å². The van der Waals surface area contributed by atoms with Gasteiger partial charge in [-0.05, 0) is 31.2 Å². The van der Waals surface area contributed by atoms with Gasteiger partial charge in [-0.2, -0.15) is 12.7 Å². The first-order valence-electron chi connectivity index (χ1n) is 7.87. The lowest BCUT2D eigenvalue weighted by Gasteiger charge is -2.27. The van der Waals surface area contributed by atoms with Crippen molar-refractivity contribution in [3.8, 4) is 0 Å². The zero-order valence-electron chi connectivity index (χ0n) is 14.5. The molecule has 2 aromatic rings. The molecule has 0 spiro atoms. The summed E-state index contributed by atoms with van der Waals surface area (Å²) in [6.07, 6.45) is 2.11. The highest BCUT2D eigenvalue weighted by Crippen LogP contribution is 2.18. The molecule has 25 heavy (non-hydrogen) atoms. The summed E-state index contributed by atoms with van der Waals surface area (Å²) in [7, 11) is -0.919. The molecule has 1 amide bonds. The Kier molecular flexibility index (Phi) is 6.22. The van der Waals surface area contributed by atoms with Crippen molar-refractivity contribution in [1.82, 2.24) is 9.62 Å². The van der Waals surface area contributed by atoms with Crippen LogP contribution in [0.1, 0.15) is 12.7 Å². The molecule has 0 saturated carbocycles. The molecule has 1 atom stereocenters. The van der Waals surface area contributed by atoms with Crippen molar-refractivity contribution in [2.24, 2.45) is 0 Å². The van der Waals surface area contributed by atoms with E-state index in [1.165, 1.54) is 14.1 Å². The standard InChI is InChI=1S/C17H23N3O4S/c1-14(12-16-10-7-11-24-16)18-17(21)13-20(25(22,23)19(2)3)15-8-5-4-6-9-15/h4-11,14H,12-13H2,1-3H3,(H,18,21)/t14-/m1/s1. The van der Waals surface area contributed by atoms with Crippen LogP contribution in [0.15, 0.2) is 53.1 Å². The Balaban J connectivity index is 2.09. The molecule has 1 N–H and O–H groups in total. The molecule has 0 fully saturated rings. The first-order valence-corrected chi connectivity index (χ1v) is 9.27. The fourth-order valence-corrected chi connectivity index (χ4v) is 3.39. The van der Waals surface area contributed by atoms with E-state index in [-0.39, 0.29) is 18.5 Å². The van der Waals surface area contributed by atoms with Gasteiger partial charge in [-0.1, -0.05) is 18.2 Å². The molecule has 0 saturated heterocycles. The largest absolute Gasteiger partial charge is 0.469 e. The molecular weight excluding hydrogens is 342 g/mol.